The van der Waals surface area contributed by atoms with Gasteiger partial charge in [-0.1, -0.05) is 6.92 Å². The number of likely N-dealkylation sites (tertiary alicyclic amines) is 1. The molecule has 3 nitrogen and oxygen atoms in total. The van der Waals surface area contributed by atoms with Gasteiger partial charge in [0.25, 0.3) is 0 Å². The van der Waals surface area contributed by atoms with Gasteiger partial charge in [0.15, 0.2) is 0 Å². The largest absolute Gasteiger partial charge is 0.330 e. The third-order valence-corrected chi connectivity index (χ3v) is 4.26. The number of nitrogens with two attached hydrogens (primary N) is 1. The van der Waals surface area contributed by atoms with E-state index in [0.29, 0.717) is 12.0 Å². The molecule has 0 bridgehead atoms. The molecule has 2 atom stereocenters. The van der Waals surface area contributed by atoms with E-state index in [-0.39, 0.29) is 0 Å². The molecule has 2 rings (SSSR count). The van der Waals surface area contributed by atoms with Gasteiger partial charge >= 0.3 is 0 Å². The summed E-state index contributed by atoms with van der Waals surface area (Å²) in [5, 5.41) is 0. The van der Waals surface area contributed by atoms with Crippen LogP contribution >= 0.6 is 11.3 Å². The maximum atomic E-state index is 5.92. The van der Waals surface area contributed by atoms with Crippen molar-refractivity contribution in [3.63, 3.8) is 0 Å². The number of piperidine rings is 1. The van der Waals surface area contributed by atoms with E-state index < -0.39 is 0 Å². The molecule has 0 saturated carbocycles. The van der Waals surface area contributed by atoms with Crippen molar-refractivity contribution in [2.45, 2.75) is 32.2 Å². The lowest BCUT2D eigenvalue weighted by Crippen LogP contribution is -2.41. The minimum absolute atomic E-state index is 0.520. The van der Waals surface area contributed by atoms with Gasteiger partial charge in [0, 0.05) is 17.1 Å². The Morgan fingerprint density at radius 3 is 3.12 bits per heavy atom. The number of hydrogen-bond donors (Lipinski definition) is 1. The molecule has 0 aromatic carbocycles. The minimum Gasteiger partial charge on any atom is -0.330 e. The van der Waals surface area contributed by atoms with E-state index in [0.717, 1.165) is 6.54 Å². The second-order valence-electron chi connectivity index (χ2n) is 4.52. The first-order valence-electron chi connectivity index (χ1n) is 6.19. The average Bonchev–Trinajstić information content (AvgIpc) is 2.82. The number of hydrogen-bond acceptors (Lipinski definition) is 4. The zero-order valence-electron chi connectivity index (χ0n) is 9.93. The van der Waals surface area contributed by atoms with Gasteiger partial charge in [0.05, 0.1) is 5.51 Å². The smallest absolute Gasteiger partial charge is 0.0794 e. The third-order valence-electron chi connectivity index (χ3n) is 3.42. The Balaban J connectivity index is 2.17. The summed E-state index contributed by atoms with van der Waals surface area (Å²) in [5.74, 6) is 0.612. The molecule has 0 amide bonds. The van der Waals surface area contributed by atoms with Crippen molar-refractivity contribution in [2.75, 3.05) is 19.6 Å². The lowest BCUT2D eigenvalue weighted by Gasteiger charge is -2.40. The van der Waals surface area contributed by atoms with Gasteiger partial charge in [-0.3, -0.25) is 9.88 Å². The van der Waals surface area contributed by atoms with E-state index in [2.05, 4.69) is 16.8 Å². The van der Waals surface area contributed by atoms with Crippen LogP contribution in [0.3, 0.4) is 0 Å². The van der Waals surface area contributed by atoms with Crippen molar-refractivity contribution in [2.24, 2.45) is 11.7 Å². The highest BCUT2D eigenvalue weighted by molar-refractivity contribution is 7.09. The van der Waals surface area contributed by atoms with E-state index in [1.54, 1.807) is 11.3 Å². The topological polar surface area (TPSA) is 42.1 Å². The van der Waals surface area contributed by atoms with Crippen LogP contribution in [-0.4, -0.2) is 29.5 Å². The van der Waals surface area contributed by atoms with Crippen LogP contribution in [-0.2, 0) is 0 Å². The first-order chi connectivity index (χ1) is 7.86. The number of nitrogens with zero attached hydrogens (tertiary/aromatic N) is 2. The number of thiazole rings is 1. The van der Waals surface area contributed by atoms with Crippen LogP contribution < -0.4 is 5.73 Å². The first-order valence-corrected chi connectivity index (χ1v) is 7.07. The van der Waals surface area contributed by atoms with Gasteiger partial charge in [-0.15, -0.1) is 11.3 Å². The summed E-state index contributed by atoms with van der Waals surface area (Å²) in [4.78, 5) is 8.20. The second-order valence-corrected chi connectivity index (χ2v) is 5.44. The van der Waals surface area contributed by atoms with Crippen molar-refractivity contribution in [3.05, 3.63) is 16.6 Å². The number of aromatic nitrogens is 1. The quantitative estimate of drug-likeness (QED) is 0.876. The molecule has 1 aromatic rings. The molecular weight excluding hydrogens is 218 g/mol. The van der Waals surface area contributed by atoms with Crippen molar-refractivity contribution < 1.29 is 0 Å². The van der Waals surface area contributed by atoms with Crippen molar-refractivity contribution in [1.29, 1.82) is 0 Å². The van der Waals surface area contributed by atoms with E-state index in [1.807, 2.05) is 11.7 Å². The van der Waals surface area contributed by atoms with Crippen molar-refractivity contribution in [3.8, 4) is 0 Å². The van der Waals surface area contributed by atoms with Crippen LogP contribution in [0.1, 0.15) is 37.1 Å². The molecule has 0 aliphatic carbocycles. The van der Waals surface area contributed by atoms with E-state index >= 15 is 0 Å². The Labute approximate surface area is 102 Å². The van der Waals surface area contributed by atoms with E-state index in [4.69, 9.17) is 5.73 Å². The number of rotatable bonds is 4. The fraction of sp³-hybridized carbons (Fsp3) is 0.750. The molecule has 4 heteroatoms. The predicted octanol–water partition coefficient (Wildman–Crippen LogP) is 2.26. The lowest BCUT2D eigenvalue weighted by molar-refractivity contribution is 0.0984. The van der Waals surface area contributed by atoms with Crippen LogP contribution in [0.4, 0.5) is 0 Å². The Bertz CT molecular complexity index is 297. The molecule has 1 saturated heterocycles. The van der Waals surface area contributed by atoms with Gasteiger partial charge in [-0.25, -0.2) is 0 Å². The summed E-state index contributed by atoms with van der Waals surface area (Å²) in [6.45, 7) is 5.44. The van der Waals surface area contributed by atoms with Gasteiger partial charge in [-0.05, 0) is 44.8 Å². The summed E-state index contributed by atoms with van der Waals surface area (Å²) < 4.78 is 0. The first kappa shape index (κ1) is 12.0. The lowest BCUT2D eigenvalue weighted by atomic mass is 9.88. The van der Waals surface area contributed by atoms with Crippen LogP contribution in [0.25, 0.3) is 0 Å². The highest BCUT2D eigenvalue weighted by Crippen LogP contribution is 2.36. The molecule has 0 spiro atoms. The summed E-state index contributed by atoms with van der Waals surface area (Å²) in [5.41, 5.74) is 7.85. The maximum absolute atomic E-state index is 5.92. The summed E-state index contributed by atoms with van der Waals surface area (Å²) >= 11 is 1.77. The Morgan fingerprint density at radius 2 is 2.50 bits per heavy atom. The molecule has 2 unspecified atom stereocenters. The second kappa shape index (κ2) is 5.75. The average molecular weight is 239 g/mol. The van der Waals surface area contributed by atoms with Gasteiger partial charge in [-0.2, -0.15) is 0 Å². The van der Waals surface area contributed by atoms with Crippen molar-refractivity contribution >= 4 is 11.3 Å². The zero-order valence-corrected chi connectivity index (χ0v) is 10.7. The Kier molecular flexibility index (Phi) is 4.32. The zero-order chi connectivity index (χ0) is 11.4. The minimum atomic E-state index is 0.520. The fourth-order valence-corrected chi connectivity index (χ4v) is 3.57. The van der Waals surface area contributed by atoms with E-state index in [9.17, 15) is 0 Å². The summed E-state index contributed by atoms with van der Waals surface area (Å²) in [7, 11) is 0. The van der Waals surface area contributed by atoms with E-state index in [1.165, 1.54) is 37.2 Å². The molecule has 2 N–H and O–H groups in total. The fourth-order valence-electron chi connectivity index (χ4n) is 2.72. The van der Waals surface area contributed by atoms with Crippen LogP contribution in [0, 0.1) is 5.92 Å². The molecule has 0 radical (unpaired) electrons. The molecule has 16 heavy (non-hydrogen) atoms. The van der Waals surface area contributed by atoms with Gasteiger partial charge in [0.1, 0.15) is 0 Å². The van der Waals surface area contributed by atoms with Crippen LogP contribution in [0.5, 0.6) is 0 Å². The van der Waals surface area contributed by atoms with Crippen molar-refractivity contribution in [1.82, 2.24) is 9.88 Å². The van der Waals surface area contributed by atoms with Crippen LogP contribution in [0.15, 0.2) is 11.7 Å². The Morgan fingerprint density at radius 1 is 1.62 bits per heavy atom. The van der Waals surface area contributed by atoms with Gasteiger partial charge in [0.2, 0.25) is 0 Å². The third kappa shape index (κ3) is 2.44. The van der Waals surface area contributed by atoms with Gasteiger partial charge < -0.3 is 5.73 Å². The van der Waals surface area contributed by atoms with Crippen LogP contribution in [0.2, 0.25) is 0 Å². The summed E-state index contributed by atoms with van der Waals surface area (Å²) in [6, 6.07) is 0.520. The predicted molar refractivity (Wildman–Crippen MR) is 68.5 cm³/mol. The SMILES string of the molecule is CCCN1CCCC(CN)C1c1cncs1. The molecule has 1 aliphatic rings. The molecule has 90 valence electrons. The molecule has 1 aromatic heterocycles. The molecule has 2 heterocycles. The normalized spacial score (nSPS) is 27.1. The Hall–Kier alpha value is -0.450. The summed E-state index contributed by atoms with van der Waals surface area (Å²) in [6.07, 6.45) is 5.79. The standard InChI is InChI=1S/C12H21N3S/c1-2-5-15-6-3-4-10(7-13)12(15)11-8-14-9-16-11/h8-10,12H,2-7,13H2,1H3. The monoisotopic (exact) mass is 239 g/mol. The highest BCUT2D eigenvalue weighted by atomic mass is 32.1. The molecular formula is C12H21N3S. The maximum Gasteiger partial charge on any atom is 0.0794 e. The molecule has 1 fully saturated rings. The molecule has 1 aliphatic heterocycles. The highest BCUT2D eigenvalue weighted by Gasteiger charge is 2.32.